The SMILES string of the molecule is CC(C)C1C(C)CCCC1OCC(=O)NCc1ccc(CNc2cc([N+](=O)[O-])ccc2O)cc1. The van der Waals surface area contributed by atoms with Crippen LogP contribution in [0.3, 0.4) is 0 Å². The van der Waals surface area contributed by atoms with Gasteiger partial charge in [-0.2, -0.15) is 0 Å². The van der Waals surface area contributed by atoms with Gasteiger partial charge in [0, 0.05) is 25.2 Å². The van der Waals surface area contributed by atoms with E-state index < -0.39 is 4.92 Å². The van der Waals surface area contributed by atoms with Crippen LogP contribution in [0.2, 0.25) is 0 Å². The van der Waals surface area contributed by atoms with E-state index in [2.05, 4.69) is 31.4 Å². The number of aromatic hydroxyl groups is 1. The van der Waals surface area contributed by atoms with Crippen molar-refractivity contribution >= 4 is 17.3 Å². The highest BCUT2D eigenvalue weighted by Crippen LogP contribution is 2.36. The quantitative estimate of drug-likeness (QED) is 0.256. The van der Waals surface area contributed by atoms with Crippen molar-refractivity contribution in [2.24, 2.45) is 17.8 Å². The third-order valence-electron chi connectivity index (χ3n) is 6.62. The number of anilines is 1. The van der Waals surface area contributed by atoms with E-state index in [4.69, 9.17) is 4.74 Å². The molecule has 184 valence electrons. The van der Waals surface area contributed by atoms with Crippen molar-refractivity contribution in [2.45, 2.75) is 59.2 Å². The largest absolute Gasteiger partial charge is 0.506 e. The molecule has 1 aliphatic rings. The van der Waals surface area contributed by atoms with Crippen LogP contribution in [-0.4, -0.2) is 28.6 Å². The normalized spacial score (nSPS) is 20.2. The molecule has 34 heavy (non-hydrogen) atoms. The Labute approximate surface area is 200 Å². The molecule has 2 aromatic carbocycles. The Morgan fingerprint density at radius 1 is 1.15 bits per heavy atom. The number of nitrogens with zero attached hydrogens (tertiary/aromatic N) is 1. The van der Waals surface area contributed by atoms with Gasteiger partial charge in [-0.1, -0.05) is 57.9 Å². The summed E-state index contributed by atoms with van der Waals surface area (Å²) in [5, 5.41) is 26.8. The number of ether oxygens (including phenoxy) is 1. The number of amides is 1. The Balaban J connectivity index is 1.44. The summed E-state index contributed by atoms with van der Waals surface area (Å²) < 4.78 is 6.02. The lowest BCUT2D eigenvalue weighted by atomic mass is 9.72. The second-order valence-corrected chi connectivity index (χ2v) is 9.48. The average Bonchev–Trinajstić information content (AvgIpc) is 2.81. The van der Waals surface area contributed by atoms with Gasteiger partial charge in [0.1, 0.15) is 12.4 Å². The zero-order valence-corrected chi connectivity index (χ0v) is 20.1. The Morgan fingerprint density at radius 2 is 1.82 bits per heavy atom. The molecular formula is C26H35N3O5. The van der Waals surface area contributed by atoms with Gasteiger partial charge in [-0.25, -0.2) is 0 Å². The Bertz CT molecular complexity index is 977. The van der Waals surface area contributed by atoms with Crippen molar-refractivity contribution in [1.29, 1.82) is 0 Å². The second-order valence-electron chi connectivity index (χ2n) is 9.48. The van der Waals surface area contributed by atoms with E-state index in [-0.39, 0.29) is 30.1 Å². The van der Waals surface area contributed by atoms with E-state index in [1.807, 2.05) is 24.3 Å². The molecule has 3 N–H and O–H groups in total. The van der Waals surface area contributed by atoms with Gasteiger partial charge in [0.15, 0.2) is 0 Å². The third-order valence-corrected chi connectivity index (χ3v) is 6.62. The maximum absolute atomic E-state index is 12.3. The number of phenolic OH excluding ortho intramolecular Hbond substituents is 1. The molecule has 3 rings (SSSR count). The third kappa shape index (κ3) is 6.93. The van der Waals surface area contributed by atoms with Crippen LogP contribution in [0.15, 0.2) is 42.5 Å². The lowest BCUT2D eigenvalue weighted by Crippen LogP contribution is -2.39. The number of carbonyl (C=O) groups excluding carboxylic acids is 1. The number of non-ortho nitro benzene ring substituents is 1. The molecule has 0 saturated heterocycles. The number of nitrogens with one attached hydrogen (secondary N) is 2. The van der Waals surface area contributed by atoms with Crippen LogP contribution in [0.25, 0.3) is 0 Å². The fourth-order valence-electron chi connectivity index (χ4n) is 4.86. The summed E-state index contributed by atoms with van der Waals surface area (Å²) in [5.74, 6) is 1.49. The first kappa shape index (κ1) is 25.5. The molecular weight excluding hydrogens is 434 g/mol. The fraction of sp³-hybridized carbons (Fsp3) is 0.500. The summed E-state index contributed by atoms with van der Waals surface area (Å²) in [6, 6.07) is 11.5. The Morgan fingerprint density at radius 3 is 2.47 bits per heavy atom. The van der Waals surface area contributed by atoms with Gasteiger partial charge in [-0.15, -0.1) is 0 Å². The van der Waals surface area contributed by atoms with Crippen LogP contribution in [0, 0.1) is 27.9 Å². The molecule has 0 heterocycles. The van der Waals surface area contributed by atoms with Gasteiger partial charge < -0.3 is 20.5 Å². The highest BCUT2D eigenvalue weighted by molar-refractivity contribution is 5.77. The van der Waals surface area contributed by atoms with Gasteiger partial charge in [0.05, 0.1) is 16.7 Å². The highest BCUT2D eigenvalue weighted by atomic mass is 16.6. The molecule has 8 nitrogen and oxygen atoms in total. The van der Waals surface area contributed by atoms with E-state index in [0.29, 0.717) is 36.5 Å². The van der Waals surface area contributed by atoms with Crippen molar-refractivity contribution in [2.75, 3.05) is 11.9 Å². The van der Waals surface area contributed by atoms with Crippen molar-refractivity contribution in [1.82, 2.24) is 5.32 Å². The van der Waals surface area contributed by atoms with Crippen LogP contribution in [-0.2, 0) is 22.6 Å². The standard InChI is InChI=1S/C26H35N3O5/c1-17(2)26-18(3)5-4-6-24(26)34-16-25(31)28-15-20-9-7-19(8-10-20)14-27-22-13-21(29(32)33)11-12-23(22)30/h7-13,17-18,24,26-27,30H,4-6,14-16H2,1-3H3,(H,28,31). The van der Waals surface area contributed by atoms with Crippen LogP contribution in [0.1, 0.15) is 51.2 Å². The molecule has 1 amide bonds. The first-order valence-electron chi connectivity index (χ1n) is 11.9. The predicted octanol–water partition coefficient (Wildman–Crippen LogP) is 5.01. The van der Waals surface area contributed by atoms with E-state index in [9.17, 15) is 20.0 Å². The van der Waals surface area contributed by atoms with Gasteiger partial charge in [0.2, 0.25) is 5.91 Å². The number of hydrogen-bond donors (Lipinski definition) is 3. The minimum Gasteiger partial charge on any atom is -0.506 e. The van der Waals surface area contributed by atoms with Crippen molar-refractivity contribution in [3.05, 3.63) is 63.7 Å². The predicted molar refractivity (Wildman–Crippen MR) is 131 cm³/mol. The summed E-state index contributed by atoms with van der Waals surface area (Å²) in [6.45, 7) is 7.63. The number of hydrogen-bond acceptors (Lipinski definition) is 6. The molecule has 3 atom stereocenters. The van der Waals surface area contributed by atoms with Crippen molar-refractivity contribution in [3.63, 3.8) is 0 Å². The highest BCUT2D eigenvalue weighted by Gasteiger charge is 2.33. The lowest BCUT2D eigenvalue weighted by molar-refractivity contribution is -0.384. The maximum atomic E-state index is 12.3. The molecule has 1 fully saturated rings. The van der Waals surface area contributed by atoms with E-state index in [1.54, 1.807) is 0 Å². The number of rotatable bonds is 10. The molecule has 1 aliphatic carbocycles. The fourth-order valence-corrected chi connectivity index (χ4v) is 4.86. The Kier molecular flexibility index (Phi) is 8.87. The van der Waals surface area contributed by atoms with E-state index >= 15 is 0 Å². The van der Waals surface area contributed by atoms with Crippen LogP contribution >= 0.6 is 0 Å². The molecule has 0 aliphatic heterocycles. The molecule has 0 radical (unpaired) electrons. The van der Waals surface area contributed by atoms with Gasteiger partial charge in [-0.05, 0) is 41.4 Å². The topological polar surface area (TPSA) is 114 Å². The minimum absolute atomic E-state index is 0.0467. The summed E-state index contributed by atoms with van der Waals surface area (Å²) in [4.78, 5) is 22.7. The summed E-state index contributed by atoms with van der Waals surface area (Å²) in [5.41, 5.74) is 2.11. The van der Waals surface area contributed by atoms with Crippen molar-refractivity contribution < 1.29 is 19.6 Å². The Hall–Kier alpha value is -3.13. The molecule has 1 saturated carbocycles. The zero-order chi connectivity index (χ0) is 24.7. The van der Waals surface area contributed by atoms with Gasteiger partial charge in [-0.3, -0.25) is 14.9 Å². The summed E-state index contributed by atoms with van der Waals surface area (Å²) in [6.07, 6.45) is 3.54. The van der Waals surface area contributed by atoms with Crippen LogP contribution < -0.4 is 10.6 Å². The molecule has 0 bridgehead atoms. The second kappa shape index (κ2) is 11.8. The maximum Gasteiger partial charge on any atom is 0.271 e. The zero-order valence-electron chi connectivity index (χ0n) is 20.1. The number of carbonyl (C=O) groups is 1. The van der Waals surface area contributed by atoms with Gasteiger partial charge >= 0.3 is 0 Å². The van der Waals surface area contributed by atoms with Gasteiger partial charge in [0.25, 0.3) is 5.69 Å². The van der Waals surface area contributed by atoms with Crippen LogP contribution in [0.5, 0.6) is 5.75 Å². The first-order chi connectivity index (χ1) is 16.2. The van der Waals surface area contributed by atoms with E-state index in [0.717, 1.165) is 24.0 Å². The van der Waals surface area contributed by atoms with Crippen molar-refractivity contribution in [3.8, 4) is 5.75 Å². The number of nitro groups is 1. The average molecular weight is 470 g/mol. The minimum atomic E-state index is -0.503. The summed E-state index contributed by atoms with van der Waals surface area (Å²) in [7, 11) is 0. The molecule has 3 unspecified atom stereocenters. The molecule has 8 heteroatoms. The van der Waals surface area contributed by atoms with E-state index in [1.165, 1.54) is 24.6 Å². The number of benzene rings is 2. The smallest absolute Gasteiger partial charge is 0.271 e. The van der Waals surface area contributed by atoms with Crippen LogP contribution in [0.4, 0.5) is 11.4 Å². The summed E-state index contributed by atoms with van der Waals surface area (Å²) >= 11 is 0. The number of phenols is 1. The first-order valence-corrected chi connectivity index (χ1v) is 11.9. The lowest BCUT2D eigenvalue weighted by Gasteiger charge is -2.38. The molecule has 2 aromatic rings. The monoisotopic (exact) mass is 469 g/mol. The molecule has 0 aromatic heterocycles. The number of nitro benzene ring substituents is 1. The molecule has 0 spiro atoms.